The number of hydrogen-bond acceptors (Lipinski definition) is 3. The Hall–Kier alpha value is -0.610. The number of aliphatic carboxylic acids is 1. The maximum atomic E-state index is 11.1. The first-order valence-corrected chi connectivity index (χ1v) is 9.36. The molecule has 0 bridgehead atoms. The van der Waals surface area contributed by atoms with E-state index in [2.05, 4.69) is 10.2 Å². The van der Waals surface area contributed by atoms with Crippen LogP contribution in [0.3, 0.4) is 0 Å². The predicted octanol–water partition coefficient (Wildman–Crippen LogP) is 2.73. The molecule has 3 rings (SSSR count). The van der Waals surface area contributed by atoms with E-state index in [-0.39, 0.29) is 0 Å². The van der Waals surface area contributed by atoms with E-state index in [4.69, 9.17) is 5.11 Å². The molecule has 0 aromatic rings. The zero-order valence-electron chi connectivity index (χ0n) is 13.8. The number of carboxylic acids is 1. The minimum atomic E-state index is -0.635. The molecular weight excluding hydrogens is 276 g/mol. The fraction of sp³-hybridized carbons (Fsp3) is 0.944. The van der Waals surface area contributed by atoms with Crippen LogP contribution in [0, 0.1) is 17.8 Å². The molecule has 2 N–H and O–H groups in total. The van der Waals surface area contributed by atoms with Crippen molar-refractivity contribution in [1.29, 1.82) is 0 Å². The van der Waals surface area contributed by atoms with Crippen LogP contribution in [0.1, 0.15) is 57.8 Å². The molecule has 2 saturated carbocycles. The Morgan fingerprint density at radius 1 is 1.00 bits per heavy atom. The van der Waals surface area contributed by atoms with Gasteiger partial charge < -0.3 is 15.3 Å². The number of piperidine rings is 1. The standard InChI is InChI=1S/C18H32N2O2/c21-18(22)9-16-8-17(13-20(12-16)11-15-6-7-15)19-10-14-4-2-1-3-5-14/h14-17,19H,1-13H2,(H,21,22). The highest BCUT2D eigenvalue weighted by Crippen LogP contribution is 2.32. The normalized spacial score (nSPS) is 31.3. The SMILES string of the molecule is O=C(O)CC1CC(NCC2CCCCC2)CN(CC2CC2)C1. The third kappa shape index (κ3) is 5.24. The summed E-state index contributed by atoms with van der Waals surface area (Å²) < 4.78 is 0. The summed E-state index contributed by atoms with van der Waals surface area (Å²) in [5.74, 6) is 1.44. The van der Waals surface area contributed by atoms with Gasteiger partial charge in [0.1, 0.15) is 0 Å². The van der Waals surface area contributed by atoms with E-state index in [1.807, 2.05) is 0 Å². The van der Waals surface area contributed by atoms with E-state index in [1.54, 1.807) is 0 Å². The number of nitrogens with one attached hydrogen (secondary N) is 1. The molecule has 2 unspecified atom stereocenters. The van der Waals surface area contributed by atoms with Crippen LogP contribution in [0.2, 0.25) is 0 Å². The third-order valence-corrected chi connectivity index (χ3v) is 5.71. The van der Waals surface area contributed by atoms with E-state index in [1.165, 1.54) is 51.5 Å². The van der Waals surface area contributed by atoms with Crippen LogP contribution in [0.4, 0.5) is 0 Å². The molecule has 126 valence electrons. The molecule has 1 heterocycles. The zero-order chi connectivity index (χ0) is 15.4. The molecule has 3 fully saturated rings. The molecule has 0 radical (unpaired) electrons. The molecule has 0 aromatic heterocycles. The molecule has 4 heteroatoms. The van der Waals surface area contributed by atoms with Crippen molar-refractivity contribution in [2.24, 2.45) is 17.8 Å². The number of rotatable bonds is 7. The lowest BCUT2D eigenvalue weighted by Gasteiger charge is -2.38. The Morgan fingerprint density at radius 3 is 2.45 bits per heavy atom. The van der Waals surface area contributed by atoms with Gasteiger partial charge in [-0.2, -0.15) is 0 Å². The highest BCUT2D eigenvalue weighted by Gasteiger charge is 2.32. The summed E-state index contributed by atoms with van der Waals surface area (Å²) in [4.78, 5) is 13.6. The monoisotopic (exact) mass is 308 g/mol. The highest BCUT2D eigenvalue weighted by atomic mass is 16.4. The van der Waals surface area contributed by atoms with E-state index in [0.29, 0.717) is 18.4 Å². The summed E-state index contributed by atoms with van der Waals surface area (Å²) in [6, 6.07) is 0.499. The van der Waals surface area contributed by atoms with Gasteiger partial charge in [-0.25, -0.2) is 0 Å². The van der Waals surface area contributed by atoms with Crippen LogP contribution in [0.25, 0.3) is 0 Å². The van der Waals surface area contributed by atoms with Gasteiger partial charge in [0.2, 0.25) is 0 Å². The Bertz CT molecular complexity index is 364. The zero-order valence-corrected chi connectivity index (χ0v) is 13.8. The molecule has 4 nitrogen and oxygen atoms in total. The fourth-order valence-electron chi connectivity index (χ4n) is 4.38. The molecule has 0 amide bonds. The summed E-state index contributed by atoms with van der Waals surface area (Å²) in [5.41, 5.74) is 0. The topological polar surface area (TPSA) is 52.6 Å². The first-order valence-electron chi connectivity index (χ1n) is 9.36. The van der Waals surface area contributed by atoms with Crippen molar-refractivity contribution in [3.05, 3.63) is 0 Å². The first-order chi connectivity index (χ1) is 10.7. The third-order valence-electron chi connectivity index (χ3n) is 5.71. The van der Waals surface area contributed by atoms with E-state index in [9.17, 15) is 4.79 Å². The second-order valence-electron chi connectivity index (χ2n) is 7.97. The molecule has 2 atom stereocenters. The molecule has 22 heavy (non-hydrogen) atoms. The lowest BCUT2D eigenvalue weighted by atomic mass is 9.88. The predicted molar refractivity (Wildman–Crippen MR) is 87.9 cm³/mol. The Labute approximate surface area is 134 Å². The van der Waals surface area contributed by atoms with Gasteiger partial charge in [0.15, 0.2) is 0 Å². The number of carboxylic acid groups (broad SMARTS) is 1. The molecule has 0 aromatic carbocycles. The first kappa shape index (κ1) is 16.3. The van der Waals surface area contributed by atoms with Gasteiger partial charge in [-0.05, 0) is 56.4 Å². The summed E-state index contributed by atoms with van der Waals surface area (Å²) in [7, 11) is 0. The van der Waals surface area contributed by atoms with Gasteiger partial charge in [-0.15, -0.1) is 0 Å². The largest absolute Gasteiger partial charge is 0.481 e. The Kier molecular flexibility index (Phi) is 5.75. The van der Waals surface area contributed by atoms with Gasteiger partial charge in [-0.3, -0.25) is 4.79 Å². The molecule has 0 spiro atoms. The summed E-state index contributed by atoms with van der Waals surface area (Å²) >= 11 is 0. The molecule has 1 aliphatic heterocycles. The summed E-state index contributed by atoms with van der Waals surface area (Å²) in [5, 5.41) is 12.9. The average Bonchev–Trinajstić information content (AvgIpc) is 3.29. The van der Waals surface area contributed by atoms with E-state index >= 15 is 0 Å². The Morgan fingerprint density at radius 2 is 1.77 bits per heavy atom. The number of likely N-dealkylation sites (tertiary alicyclic amines) is 1. The van der Waals surface area contributed by atoms with Gasteiger partial charge >= 0.3 is 5.97 Å². The van der Waals surface area contributed by atoms with Crippen molar-refractivity contribution in [3.63, 3.8) is 0 Å². The smallest absolute Gasteiger partial charge is 0.303 e. The van der Waals surface area contributed by atoms with E-state index < -0.39 is 5.97 Å². The number of carbonyl (C=O) groups is 1. The van der Waals surface area contributed by atoms with Crippen LogP contribution in [0.5, 0.6) is 0 Å². The molecule has 3 aliphatic rings. The van der Waals surface area contributed by atoms with Gasteiger partial charge in [0, 0.05) is 32.1 Å². The lowest BCUT2D eigenvalue weighted by molar-refractivity contribution is -0.138. The van der Waals surface area contributed by atoms with Crippen LogP contribution < -0.4 is 5.32 Å². The van der Waals surface area contributed by atoms with Crippen molar-refractivity contribution >= 4 is 5.97 Å². The number of nitrogens with zero attached hydrogens (tertiary/aromatic N) is 1. The van der Waals surface area contributed by atoms with Crippen LogP contribution in [-0.2, 0) is 4.79 Å². The van der Waals surface area contributed by atoms with E-state index in [0.717, 1.165) is 37.9 Å². The van der Waals surface area contributed by atoms with Crippen molar-refractivity contribution < 1.29 is 9.90 Å². The lowest BCUT2D eigenvalue weighted by Crippen LogP contribution is -2.51. The second-order valence-corrected chi connectivity index (χ2v) is 7.97. The fourth-order valence-corrected chi connectivity index (χ4v) is 4.38. The van der Waals surface area contributed by atoms with Gasteiger partial charge in [-0.1, -0.05) is 19.3 Å². The number of hydrogen-bond donors (Lipinski definition) is 2. The summed E-state index contributed by atoms with van der Waals surface area (Å²) in [6.07, 6.45) is 11.1. The highest BCUT2D eigenvalue weighted by molar-refractivity contribution is 5.67. The van der Waals surface area contributed by atoms with Crippen LogP contribution in [0.15, 0.2) is 0 Å². The minimum absolute atomic E-state index is 0.328. The Balaban J connectivity index is 1.47. The summed E-state index contributed by atoms with van der Waals surface area (Å²) in [6.45, 7) is 4.45. The maximum Gasteiger partial charge on any atom is 0.303 e. The van der Waals surface area contributed by atoms with Gasteiger partial charge in [0.25, 0.3) is 0 Å². The van der Waals surface area contributed by atoms with Crippen molar-refractivity contribution in [1.82, 2.24) is 10.2 Å². The molecule has 2 aliphatic carbocycles. The van der Waals surface area contributed by atoms with Gasteiger partial charge in [0.05, 0.1) is 0 Å². The van der Waals surface area contributed by atoms with Crippen molar-refractivity contribution in [2.75, 3.05) is 26.2 Å². The van der Waals surface area contributed by atoms with Crippen molar-refractivity contribution in [2.45, 2.75) is 63.8 Å². The molecular formula is C18H32N2O2. The second kappa shape index (κ2) is 7.78. The van der Waals surface area contributed by atoms with Crippen molar-refractivity contribution in [3.8, 4) is 0 Å². The molecule has 1 saturated heterocycles. The van der Waals surface area contributed by atoms with Crippen LogP contribution >= 0.6 is 0 Å². The quantitative estimate of drug-likeness (QED) is 0.759. The minimum Gasteiger partial charge on any atom is -0.481 e. The van der Waals surface area contributed by atoms with Crippen LogP contribution in [-0.4, -0.2) is 48.2 Å². The maximum absolute atomic E-state index is 11.1. The average molecular weight is 308 g/mol.